The molecule has 0 saturated heterocycles. The van der Waals surface area contributed by atoms with Gasteiger partial charge < -0.3 is 0 Å². The zero-order valence-corrected chi connectivity index (χ0v) is 7.47. The van der Waals surface area contributed by atoms with Crippen molar-refractivity contribution in [1.82, 2.24) is 0 Å². The lowest BCUT2D eigenvalue weighted by Crippen LogP contribution is -1.81. The van der Waals surface area contributed by atoms with E-state index in [1.54, 1.807) is 0 Å². The minimum absolute atomic E-state index is 0.0267. The van der Waals surface area contributed by atoms with E-state index in [1.165, 1.54) is 0 Å². The summed E-state index contributed by atoms with van der Waals surface area (Å²) in [6.07, 6.45) is 0.473. The molecule has 0 atom stereocenters. The van der Waals surface area contributed by atoms with Crippen LogP contribution in [0.25, 0.3) is 5.57 Å². The molecule has 1 aromatic rings. The van der Waals surface area contributed by atoms with Crippen LogP contribution in [0.1, 0.15) is 25.8 Å². The molecule has 0 spiro atoms. The quantitative estimate of drug-likeness (QED) is 0.623. The van der Waals surface area contributed by atoms with Crippen LogP contribution in [0.2, 0.25) is 0 Å². The summed E-state index contributed by atoms with van der Waals surface area (Å²) in [5.74, 6) is -0.0267. The molecular formula is C11H13F. The summed E-state index contributed by atoms with van der Waals surface area (Å²) in [4.78, 5) is 0. The lowest BCUT2D eigenvalue weighted by molar-refractivity contribution is 0.607. The monoisotopic (exact) mass is 164 g/mol. The highest BCUT2D eigenvalue weighted by Gasteiger charge is 2.00. The Morgan fingerprint density at radius 1 is 1.25 bits per heavy atom. The number of hydrogen-bond acceptors (Lipinski definition) is 0. The molecule has 0 radical (unpaired) electrons. The van der Waals surface area contributed by atoms with Crippen LogP contribution in [0.15, 0.2) is 36.2 Å². The van der Waals surface area contributed by atoms with E-state index in [1.807, 2.05) is 44.2 Å². The number of allylic oxidation sites excluding steroid dienone is 2. The molecule has 0 nitrogen and oxygen atoms in total. The van der Waals surface area contributed by atoms with Gasteiger partial charge in [-0.2, -0.15) is 0 Å². The van der Waals surface area contributed by atoms with Crippen molar-refractivity contribution in [3.8, 4) is 0 Å². The molecule has 0 saturated carbocycles. The van der Waals surface area contributed by atoms with Crippen molar-refractivity contribution in [3.05, 3.63) is 41.7 Å². The number of rotatable bonds is 2. The zero-order chi connectivity index (χ0) is 8.97. The third-order valence-electron chi connectivity index (χ3n) is 1.92. The van der Waals surface area contributed by atoms with Gasteiger partial charge in [-0.15, -0.1) is 0 Å². The van der Waals surface area contributed by atoms with Crippen molar-refractivity contribution < 1.29 is 4.39 Å². The van der Waals surface area contributed by atoms with E-state index >= 15 is 0 Å². The zero-order valence-electron chi connectivity index (χ0n) is 7.47. The van der Waals surface area contributed by atoms with Gasteiger partial charge in [0.05, 0.1) is 0 Å². The largest absolute Gasteiger partial charge is 0.212 e. The molecule has 0 aliphatic rings. The van der Waals surface area contributed by atoms with Gasteiger partial charge >= 0.3 is 0 Å². The highest BCUT2D eigenvalue weighted by atomic mass is 19.1. The van der Waals surface area contributed by atoms with E-state index < -0.39 is 0 Å². The summed E-state index contributed by atoms with van der Waals surface area (Å²) in [6.45, 7) is 3.63. The average Bonchev–Trinajstić information content (AvgIpc) is 2.17. The first kappa shape index (κ1) is 8.98. The third-order valence-corrected chi connectivity index (χ3v) is 1.92. The Hall–Kier alpha value is -1.11. The Morgan fingerprint density at radius 2 is 1.83 bits per heavy atom. The van der Waals surface area contributed by atoms with Gasteiger partial charge in [0.1, 0.15) is 5.83 Å². The van der Waals surface area contributed by atoms with Crippen molar-refractivity contribution in [3.63, 3.8) is 0 Å². The fourth-order valence-corrected chi connectivity index (χ4v) is 1.11. The van der Waals surface area contributed by atoms with Gasteiger partial charge in [0.25, 0.3) is 0 Å². The fourth-order valence-electron chi connectivity index (χ4n) is 1.11. The Balaban J connectivity index is 3.00. The van der Waals surface area contributed by atoms with Crippen LogP contribution in [0.4, 0.5) is 4.39 Å². The molecule has 0 amide bonds. The first-order valence-electron chi connectivity index (χ1n) is 4.16. The van der Waals surface area contributed by atoms with Crippen molar-refractivity contribution >= 4 is 5.57 Å². The van der Waals surface area contributed by atoms with Gasteiger partial charge in [0, 0.05) is 0 Å². The van der Waals surface area contributed by atoms with Crippen LogP contribution in [-0.4, -0.2) is 0 Å². The van der Waals surface area contributed by atoms with Crippen LogP contribution >= 0.6 is 0 Å². The second-order valence-electron chi connectivity index (χ2n) is 2.75. The maximum absolute atomic E-state index is 13.1. The summed E-state index contributed by atoms with van der Waals surface area (Å²) < 4.78 is 13.1. The normalized spacial score (nSPS) is 12.6. The second kappa shape index (κ2) is 4.05. The minimum atomic E-state index is -0.0267. The van der Waals surface area contributed by atoms with Crippen molar-refractivity contribution in [2.24, 2.45) is 0 Å². The molecule has 0 bridgehead atoms. The molecule has 0 fully saturated rings. The summed E-state index contributed by atoms with van der Waals surface area (Å²) in [5, 5.41) is 0. The standard InChI is InChI=1S/C11H13F/c1-3-11(12)9(2)10-7-5-4-6-8-10/h4-8H,3H2,1-2H3/b11-9+. The Morgan fingerprint density at radius 3 is 2.33 bits per heavy atom. The fraction of sp³-hybridized carbons (Fsp3) is 0.273. The van der Waals surface area contributed by atoms with Gasteiger partial charge in [0.15, 0.2) is 0 Å². The van der Waals surface area contributed by atoms with Crippen LogP contribution in [0.3, 0.4) is 0 Å². The van der Waals surface area contributed by atoms with Crippen molar-refractivity contribution in [1.29, 1.82) is 0 Å². The van der Waals surface area contributed by atoms with Gasteiger partial charge in [-0.25, -0.2) is 4.39 Å². The maximum Gasteiger partial charge on any atom is 0.103 e. The van der Waals surface area contributed by atoms with Crippen molar-refractivity contribution in [2.75, 3.05) is 0 Å². The van der Waals surface area contributed by atoms with E-state index in [4.69, 9.17) is 0 Å². The lowest BCUT2D eigenvalue weighted by atomic mass is 10.1. The van der Waals surface area contributed by atoms with E-state index in [0.29, 0.717) is 6.42 Å². The van der Waals surface area contributed by atoms with E-state index in [2.05, 4.69) is 0 Å². The van der Waals surface area contributed by atoms with Crippen LogP contribution in [-0.2, 0) is 0 Å². The molecule has 0 heterocycles. The molecule has 0 aliphatic heterocycles. The van der Waals surface area contributed by atoms with Crippen LogP contribution < -0.4 is 0 Å². The predicted molar refractivity (Wildman–Crippen MR) is 50.4 cm³/mol. The minimum Gasteiger partial charge on any atom is -0.212 e. The SMILES string of the molecule is CC/C(F)=C(/C)c1ccccc1. The summed E-state index contributed by atoms with van der Waals surface area (Å²) in [5.41, 5.74) is 1.72. The molecule has 0 N–H and O–H groups in total. The molecule has 1 aromatic carbocycles. The van der Waals surface area contributed by atoms with E-state index in [-0.39, 0.29) is 5.83 Å². The smallest absolute Gasteiger partial charge is 0.103 e. The molecule has 0 aliphatic carbocycles. The Bertz CT molecular complexity index is 272. The molecule has 1 rings (SSSR count). The highest BCUT2D eigenvalue weighted by Crippen LogP contribution is 2.20. The molecular weight excluding hydrogens is 151 g/mol. The van der Waals surface area contributed by atoms with Gasteiger partial charge in [-0.05, 0) is 24.5 Å². The number of halogens is 1. The summed E-state index contributed by atoms with van der Waals surface area (Å²) >= 11 is 0. The second-order valence-corrected chi connectivity index (χ2v) is 2.75. The van der Waals surface area contributed by atoms with Gasteiger partial charge in [-0.3, -0.25) is 0 Å². The molecule has 1 heteroatoms. The summed E-state index contributed by atoms with van der Waals surface area (Å²) in [7, 11) is 0. The molecule has 64 valence electrons. The van der Waals surface area contributed by atoms with Crippen LogP contribution in [0, 0.1) is 0 Å². The van der Waals surface area contributed by atoms with Gasteiger partial charge in [-0.1, -0.05) is 37.3 Å². The third kappa shape index (κ3) is 1.94. The average molecular weight is 164 g/mol. The highest BCUT2D eigenvalue weighted by molar-refractivity contribution is 5.65. The van der Waals surface area contributed by atoms with Gasteiger partial charge in [0.2, 0.25) is 0 Å². The lowest BCUT2D eigenvalue weighted by Gasteiger charge is -2.01. The van der Waals surface area contributed by atoms with E-state index in [0.717, 1.165) is 11.1 Å². The van der Waals surface area contributed by atoms with E-state index in [9.17, 15) is 4.39 Å². The number of hydrogen-bond donors (Lipinski definition) is 0. The topological polar surface area (TPSA) is 0 Å². The molecule has 0 aromatic heterocycles. The van der Waals surface area contributed by atoms with Crippen LogP contribution in [0.5, 0.6) is 0 Å². The van der Waals surface area contributed by atoms with Crippen molar-refractivity contribution in [2.45, 2.75) is 20.3 Å². The number of benzene rings is 1. The first-order valence-corrected chi connectivity index (χ1v) is 4.16. The molecule has 0 unspecified atom stereocenters. The summed E-state index contributed by atoms with van der Waals surface area (Å²) in [6, 6.07) is 9.61. The maximum atomic E-state index is 13.1. The first-order chi connectivity index (χ1) is 5.75. The predicted octanol–water partition coefficient (Wildman–Crippen LogP) is 3.80. The molecule has 12 heavy (non-hydrogen) atoms. The Labute approximate surface area is 72.7 Å². The Kier molecular flexibility index (Phi) is 3.03.